The van der Waals surface area contributed by atoms with Crippen molar-refractivity contribution >= 4 is 17.9 Å². The second kappa shape index (κ2) is 7.94. The molecular weight excluding hydrogens is 370 g/mol. The molecule has 1 fully saturated rings. The molecule has 0 heterocycles. The van der Waals surface area contributed by atoms with Gasteiger partial charge in [-0.15, -0.1) is 0 Å². The van der Waals surface area contributed by atoms with Crippen molar-refractivity contribution in [2.75, 3.05) is 12.4 Å². The minimum atomic E-state index is -0.608. The first-order valence-corrected chi connectivity index (χ1v) is 9.73. The zero-order valence-electron chi connectivity index (χ0n) is 18.4. The number of carbonyl (C=O) groups is 2. The van der Waals surface area contributed by atoms with Crippen LogP contribution in [0.4, 0.5) is 15.3 Å². The van der Waals surface area contributed by atoms with Gasteiger partial charge in [0.05, 0.1) is 11.5 Å². The summed E-state index contributed by atoms with van der Waals surface area (Å²) < 4.78 is 10.7. The predicted molar refractivity (Wildman–Crippen MR) is 111 cm³/mol. The molecule has 0 radical (unpaired) electrons. The molecule has 1 saturated carbocycles. The Morgan fingerprint density at radius 2 is 1.72 bits per heavy atom. The Balaban J connectivity index is 2.26. The maximum absolute atomic E-state index is 12.4. The summed E-state index contributed by atoms with van der Waals surface area (Å²) in [5.41, 5.74) is 0.496. The van der Waals surface area contributed by atoms with E-state index < -0.39 is 28.8 Å². The van der Waals surface area contributed by atoms with Crippen molar-refractivity contribution < 1.29 is 19.1 Å². The lowest BCUT2D eigenvalue weighted by Crippen LogP contribution is -2.34. The van der Waals surface area contributed by atoms with Gasteiger partial charge in [0, 0.05) is 19.3 Å². The summed E-state index contributed by atoms with van der Waals surface area (Å²) in [6, 6.07) is 7.79. The third kappa shape index (κ3) is 6.38. The lowest BCUT2D eigenvalue weighted by molar-refractivity contribution is 0.0284. The lowest BCUT2D eigenvalue weighted by Gasteiger charge is -2.26. The summed E-state index contributed by atoms with van der Waals surface area (Å²) in [6.45, 7) is 11.1. The van der Waals surface area contributed by atoms with Gasteiger partial charge in [-0.2, -0.15) is 5.26 Å². The highest BCUT2D eigenvalue weighted by atomic mass is 16.6. The van der Waals surface area contributed by atoms with E-state index in [2.05, 4.69) is 11.4 Å². The molecule has 2 amide bonds. The van der Waals surface area contributed by atoms with Gasteiger partial charge in [-0.25, -0.2) is 9.59 Å². The summed E-state index contributed by atoms with van der Waals surface area (Å²) >= 11 is 0. The lowest BCUT2D eigenvalue weighted by atomic mass is 9.92. The van der Waals surface area contributed by atoms with Gasteiger partial charge in [0.25, 0.3) is 0 Å². The average Bonchev–Trinajstić information content (AvgIpc) is 3.32. The van der Waals surface area contributed by atoms with Crippen molar-refractivity contribution in [3.05, 3.63) is 29.3 Å². The highest BCUT2D eigenvalue weighted by molar-refractivity contribution is 5.85. The number of carbonyl (C=O) groups excluding carboxylic acids is 2. The molecule has 1 aromatic carbocycles. The Hall–Kier alpha value is -2.75. The normalized spacial score (nSPS) is 15.1. The number of amides is 2. The third-order valence-electron chi connectivity index (χ3n) is 4.34. The number of ether oxygens (including phenoxy) is 2. The van der Waals surface area contributed by atoms with E-state index in [1.807, 2.05) is 26.8 Å². The van der Waals surface area contributed by atoms with Crippen molar-refractivity contribution in [2.45, 2.75) is 77.5 Å². The molecule has 1 aromatic rings. The molecule has 2 rings (SSSR count). The maximum atomic E-state index is 12.4. The molecular formula is C22H31N3O4. The molecule has 29 heavy (non-hydrogen) atoms. The molecule has 1 N–H and O–H groups in total. The quantitative estimate of drug-likeness (QED) is 0.770. The molecule has 7 heteroatoms. The molecule has 158 valence electrons. The highest BCUT2D eigenvalue weighted by Crippen LogP contribution is 2.49. The molecule has 0 saturated heterocycles. The van der Waals surface area contributed by atoms with Crippen molar-refractivity contribution in [1.82, 2.24) is 4.90 Å². The maximum Gasteiger partial charge on any atom is 0.412 e. The monoisotopic (exact) mass is 401 g/mol. The van der Waals surface area contributed by atoms with Crippen LogP contribution in [0.5, 0.6) is 0 Å². The standard InChI is InChI=1S/C22H31N3O4/c1-20(2,3)28-18(26)24-16-8-9-17(22(14-23)10-11-22)15(12-16)13-25(7)19(27)29-21(4,5)6/h8-9,12H,10-11,13H2,1-7H3,(H,24,26). The van der Waals surface area contributed by atoms with E-state index in [1.165, 1.54) is 4.90 Å². The Morgan fingerprint density at radius 1 is 1.14 bits per heavy atom. The summed E-state index contributed by atoms with van der Waals surface area (Å²) in [5, 5.41) is 12.3. The van der Waals surface area contributed by atoms with Crippen LogP contribution in [0.15, 0.2) is 18.2 Å². The molecule has 0 unspecified atom stereocenters. The number of hydrogen-bond acceptors (Lipinski definition) is 5. The molecule has 0 spiro atoms. The molecule has 1 aliphatic rings. The van der Waals surface area contributed by atoms with Crippen LogP contribution in [-0.4, -0.2) is 35.3 Å². The second-order valence-corrected chi connectivity index (χ2v) is 9.53. The van der Waals surface area contributed by atoms with Crippen molar-refractivity contribution in [3.8, 4) is 6.07 Å². The van der Waals surface area contributed by atoms with Gasteiger partial charge in [-0.1, -0.05) is 6.07 Å². The van der Waals surface area contributed by atoms with Gasteiger partial charge < -0.3 is 14.4 Å². The van der Waals surface area contributed by atoms with Crippen molar-refractivity contribution in [2.24, 2.45) is 0 Å². The first-order valence-electron chi connectivity index (χ1n) is 9.73. The molecule has 0 atom stereocenters. The number of benzene rings is 1. The number of rotatable bonds is 4. The predicted octanol–water partition coefficient (Wildman–Crippen LogP) is 4.96. The van der Waals surface area contributed by atoms with Crippen molar-refractivity contribution in [1.29, 1.82) is 5.26 Å². The van der Waals surface area contributed by atoms with E-state index >= 15 is 0 Å². The third-order valence-corrected chi connectivity index (χ3v) is 4.34. The average molecular weight is 402 g/mol. The van der Waals surface area contributed by atoms with Crippen LogP contribution in [0, 0.1) is 11.3 Å². The van der Waals surface area contributed by atoms with Crippen LogP contribution >= 0.6 is 0 Å². The van der Waals surface area contributed by atoms with Crippen LogP contribution in [-0.2, 0) is 21.4 Å². The Kier molecular flexibility index (Phi) is 6.17. The van der Waals surface area contributed by atoms with Gasteiger partial charge in [-0.3, -0.25) is 5.32 Å². The van der Waals surface area contributed by atoms with E-state index in [1.54, 1.807) is 40.0 Å². The largest absolute Gasteiger partial charge is 0.444 e. The summed E-state index contributed by atoms with van der Waals surface area (Å²) in [4.78, 5) is 26.0. The fourth-order valence-electron chi connectivity index (χ4n) is 2.92. The number of hydrogen-bond donors (Lipinski definition) is 1. The van der Waals surface area contributed by atoms with Crippen LogP contribution in [0.1, 0.15) is 65.5 Å². The van der Waals surface area contributed by atoms with Gasteiger partial charge in [0.1, 0.15) is 11.2 Å². The van der Waals surface area contributed by atoms with Crippen molar-refractivity contribution in [3.63, 3.8) is 0 Å². The van der Waals surface area contributed by atoms with E-state index in [0.717, 1.165) is 24.0 Å². The summed E-state index contributed by atoms with van der Waals surface area (Å²) in [7, 11) is 1.65. The SMILES string of the molecule is CN(Cc1cc(NC(=O)OC(C)(C)C)ccc1C1(C#N)CC1)C(=O)OC(C)(C)C. The zero-order valence-corrected chi connectivity index (χ0v) is 18.4. The van der Waals surface area contributed by atoms with E-state index in [-0.39, 0.29) is 6.54 Å². The smallest absolute Gasteiger partial charge is 0.412 e. The number of nitrogens with zero attached hydrogens (tertiary/aromatic N) is 2. The summed E-state index contributed by atoms with van der Waals surface area (Å²) in [5.74, 6) is 0. The topological polar surface area (TPSA) is 91.7 Å². The fraction of sp³-hybridized carbons (Fsp3) is 0.591. The first-order chi connectivity index (χ1) is 13.2. The van der Waals surface area contributed by atoms with Gasteiger partial charge in [0.15, 0.2) is 0 Å². The zero-order chi connectivity index (χ0) is 22.0. The van der Waals surface area contributed by atoms with Gasteiger partial charge in [-0.05, 0) is 77.6 Å². The van der Waals surface area contributed by atoms with Crippen LogP contribution in [0.25, 0.3) is 0 Å². The van der Waals surface area contributed by atoms with E-state index in [9.17, 15) is 14.9 Å². The van der Waals surface area contributed by atoms with Crippen LogP contribution in [0.2, 0.25) is 0 Å². The fourth-order valence-corrected chi connectivity index (χ4v) is 2.92. The van der Waals surface area contributed by atoms with Crippen LogP contribution < -0.4 is 5.32 Å². The van der Waals surface area contributed by atoms with E-state index in [0.29, 0.717) is 5.69 Å². The minimum absolute atomic E-state index is 0.261. The molecule has 0 aliphatic heterocycles. The second-order valence-electron chi connectivity index (χ2n) is 9.53. The highest BCUT2D eigenvalue weighted by Gasteiger charge is 2.46. The van der Waals surface area contributed by atoms with Gasteiger partial charge >= 0.3 is 12.2 Å². The van der Waals surface area contributed by atoms with Crippen LogP contribution in [0.3, 0.4) is 0 Å². The molecule has 0 bridgehead atoms. The molecule has 1 aliphatic carbocycles. The minimum Gasteiger partial charge on any atom is -0.444 e. The number of anilines is 1. The Bertz CT molecular complexity index is 824. The Morgan fingerprint density at radius 3 is 2.21 bits per heavy atom. The van der Waals surface area contributed by atoms with Gasteiger partial charge in [0.2, 0.25) is 0 Å². The summed E-state index contributed by atoms with van der Waals surface area (Å²) in [6.07, 6.45) is 0.561. The van der Waals surface area contributed by atoms with E-state index in [4.69, 9.17) is 9.47 Å². The Labute approximate surface area is 173 Å². The first kappa shape index (κ1) is 22.5. The number of nitriles is 1. The molecule has 0 aromatic heterocycles. The number of nitrogens with one attached hydrogen (secondary N) is 1. The molecule has 7 nitrogen and oxygen atoms in total.